The van der Waals surface area contributed by atoms with Gasteiger partial charge in [0.2, 0.25) is 0 Å². The van der Waals surface area contributed by atoms with Crippen LogP contribution in [0.4, 0.5) is 11.4 Å². The Morgan fingerprint density at radius 1 is 1.16 bits per heavy atom. The van der Waals surface area contributed by atoms with Crippen LogP contribution in [-0.4, -0.2) is 29.0 Å². The summed E-state index contributed by atoms with van der Waals surface area (Å²) in [5.74, 6) is 0.975. The Kier molecular flexibility index (Phi) is 4.57. The van der Waals surface area contributed by atoms with E-state index in [1.165, 1.54) is 19.3 Å². The summed E-state index contributed by atoms with van der Waals surface area (Å²) in [6, 6.07) is 7.33. The van der Waals surface area contributed by atoms with E-state index in [0.717, 1.165) is 43.1 Å². The molecule has 0 atom stereocenters. The van der Waals surface area contributed by atoms with E-state index in [9.17, 15) is 4.79 Å². The highest BCUT2D eigenvalue weighted by Gasteiger charge is 2.27. The third-order valence-electron chi connectivity index (χ3n) is 4.75. The standard InChI is InChI=1S/C19H21ClN4O/c20-14-6-7-17(24-10-2-1-3-11-24)16(12-14)23-19(25)15-8-9-21-18(22-15)13-4-5-13/h6-9,12-13H,1-5,10-11H2,(H,23,25). The molecular formula is C19H21ClN4O. The van der Waals surface area contributed by atoms with Crippen molar-refractivity contribution in [2.24, 2.45) is 0 Å². The fourth-order valence-corrected chi connectivity index (χ4v) is 3.42. The molecule has 25 heavy (non-hydrogen) atoms. The Labute approximate surface area is 152 Å². The Balaban J connectivity index is 1.57. The summed E-state index contributed by atoms with van der Waals surface area (Å²) in [6.07, 6.45) is 7.49. The van der Waals surface area contributed by atoms with E-state index in [0.29, 0.717) is 16.6 Å². The van der Waals surface area contributed by atoms with E-state index < -0.39 is 0 Å². The molecule has 6 heteroatoms. The number of carbonyl (C=O) groups excluding carboxylic acids is 1. The summed E-state index contributed by atoms with van der Waals surface area (Å²) in [5.41, 5.74) is 2.17. The lowest BCUT2D eigenvalue weighted by Gasteiger charge is -2.30. The summed E-state index contributed by atoms with van der Waals surface area (Å²) >= 11 is 6.16. The van der Waals surface area contributed by atoms with Gasteiger partial charge in [-0.2, -0.15) is 0 Å². The Hall–Kier alpha value is -2.14. The summed E-state index contributed by atoms with van der Waals surface area (Å²) in [7, 11) is 0. The minimum absolute atomic E-state index is 0.218. The van der Waals surface area contributed by atoms with E-state index in [2.05, 4.69) is 20.2 Å². The van der Waals surface area contributed by atoms with Crippen LogP contribution in [0.1, 0.15) is 54.3 Å². The monoisotopic (exact) mass is 356 g/mol. The quantitative estimate of drug-likeness (QED) is 0.889. The minimum Gasteiger partial charge on any atom is -0.370 e. The molecule has 0 unspecified atom stereocenters. The van der Waals surface area contributed by atoms with E-state index in [1.807, 2.05) is 18.2 Å². The van der Waals surface area contributed by atoms with Crippen LogP contribution in [-0.2, 0) is 0 Å². The average Bonchev–Trinajstić information content (AvgIpc) is 3.48. The number of amides is 1. The van der Waals surface area contributed by atoms with Crippen molar-refractivity contribution in [1.29, 1.82) is 0 Å². The van der Waals surface area contributed by atoms with Crippen LogP contribution in [0, 0.1) is 0 Å². The van der Waals surface area contributed by atoms with Crippen LogP contribution in [0.5, 0.6) is 0 Å². The molecule has 2 aliphatic rings. The van der Waals surface area contributed by atoms with Crippen molar-refractivity contribution in [2.75, 3.05) is 23.3 Å². The summed E-state index contributed by atoms with van der Waals surface area (Å²) < 4.78 is 0. The molecule has 130 valence electrons. The minimum atomic E-state index is -0.218. The predicted octanol–water partition coefficient (Wildman–Crippen LogP) is 4.25. The highest BCUT2D eigenvalue weighted by molar-refractivity contribution is 6.31. The van der Waals surface area contributed by atoms with Gasteiger partial charge in [-0.1, -0.05) is 11.6 Å². The maximum atomic E-state index is 12.7. The smallest absolute Gasteiger partial charge is 0.274 e. The first kappa shape index (κ1) is 16.3. The maximum absolute atomic E-state index is 12.7. The molecule has 5 nitrogen and oxygen atoms in total. The van der Waals surface area contributed by atoms with Crippen molar-refractivity contribution in [3.8, 4) is 0 Å². The Bertz CT molecular complexity index is 785. The molecule has 4 rings (SSSR count). The first-order valence-corrected chi connectivity index (χ1v) is 9.27. The summed E-state index contributed by atoms with van der Waals surface area (Å²) in [4.78, 5) is 23.7. The van der Waals surface area contributed by atoms with Crippen molar-refractivity contribution in [2.45, 2.75) is 38.0 Å². The predicted molar refractivity (Wildman–Crippen MR) is 99.5 cm³/mol. The molecule has 2 heterocycles. The molecule has 1 aliphatic heterocycles. The molecule has 1 saturated carbocycles. The molecule has 1 saturated heterocycles. The number of aromatic nitrogens is 2. The van der Waals surface area contributed by atoms with Gasteiger partial charge in [0, 0.05) is 30.2 Å². The number of hydrogen-bond acceptors (Lipinski definition) is 4. The largest absolute Gasteiger partial charge is 0.370 e. The molecule has 0 spiro atoms. The second kappa shape index (κ2) is 7.00. The third-order valence-corrected chi connectivity index (χ3v) is 4.99. The van der Waals surface area contributed by atoms with Gasteiger partial charge >= 0.3 is 0 Å². The molecule has 2 aromatic rings. The van der Waals surface area contributed by atoms with E-state index in [-0.39, 0.29) is 5.91 Å². The second-order valence-corrected chi connectivity index (χ2v) is 7.17. The van der Waals surface area contributed by atoms with Crippen LogP contribution in [0.3, 0.4) is 0 Å². The number of nitrogens with one attached hydrogen (secondary N) is 1. The second-order valence-electron chi connectivity index (χ2n) is 6.74. The van der Waals surface area contributed by atoms with Gasteiger partial charge in [-0.25, -0.2) is 9.97 Å². The lowest BCUT2D eigenvalue weighted by atomic mass is 10.1. The molecule has 2 fully saturated rings. The average molecular weight is 357 g/mol. The lowest BCUT2D eigenvalue weighted by molar-refractivity contribution is 0.102. The fraction of sp³-hybridized carbons (Fsp3) is 0.421. The number of carbonyl (C=O) groups is 1. The maximum Gasteiger partial charge on any atom is 0.274 e. The van der Waals surface area contributed by atoms with E-state index >= 15 is 0 Å². The van der Waals surface area contributed by atoms with E-state index in [1.54, 1.807) is 12.3 Å². The van der Waals surface area contributed by atoms with Crippen molar-refractivity contribution in [3.05, 3.63) is 47.0 Å². The number of rotatable bonds is 4. The first-order chi connectivity index (χ1) is 12.2. The lowest BCUT2D eigenvalue weighted by Crippen LogP contribution is -2.30. The van der Waals surface area contributed by atoms with E-state index in [4.69, 9.17) is 11.6 Å². The van der Waals surface area contributed by atoms with Gasteiger partial charge in [-0.05, 0) is 56.4 Å². The van der Waals surface area contributed by atoms with Crippen molar-refractivity contribution in [1.82, 2.24) is 9.97 Å². The molecular weight excluding hydrogens is 336 g/mol. The molecule has 0 bridgehead atoms. The molecule has 0 radical (unpaired) electrons. The van der Waals surface area contributed by atoms with Crippen LogP contribution in [0.2, 0.25) is 5.02 Å². The zero-order valence-electron chi connectivity index (χ0n) is 14.0. The molecule has 1 aromatic carbocycles. The molecule has 1 N–H and O–H groups in total. The Morgan fingerprint density at radius 2 is 1.96 bits per heavy atom. The van der Waals surface area contributed by atoms with Gasteiger partial charge in [0.25, 0.3) is 5.91 Å². The van der Waals surface area contributed by atoms with Gasteiger partial charge in [0.1, 0.15) is 11.5 Å². The number of benzene rings is 1. The number of anilines is 2. The fourth-order valence-electron chi connectivity index (χ4n) is 3.24. The van der Waals surface area contributed by atoms with Crippen LogP contribution < -0.4 is 10.2 Å². The molecule has 1 aromatic heterocycles. The summed E-state index contributed by atoms with van der Waals surface area (Å²) in [5, 5.41) is 3.60. The SMILES string of the molecule is O=C(Nc1cc(Cl)ccc1N1CCCCC1)c1ccnc(C2CC2)n1. The van der Waals surface area contributed by atoms with Gasteiger partial charge in [0.05, 0.1) is 11.4 Å². The molecule has 1 amide bonds. The van der Waals surface area contributed by atoms with Crippen LogP contribution >= 0.6 is 11.6 Å². The topological polar surface area (TPSA) is 58.1 Å². The zero-order chi connectivity index (χ0) is 17.2. The van der Waals surface area contributed by atoms with Gasteiger partial charge < -0.3 is 10.2 Å². The number of halogens is 1. The normalized spacial score (nSPS) is 17.4. The molecule has 1 aliphatic carbocycles. The zero-order valence-corrected chi connectivity index (χ0v) is 14.8. The van der Waals surface area contributed by atoms with Crippen LogP contribution in [0.15, 0.2) is 30.5 Å². The number of piperidine rings is 1. The highest BCUT2D eigenvalue weighted by atomic mass is 35.5. The van der Waals surface area contributed by atoms with Crippen molar-refractivity contribution >= 4 is 28.9 Å². The van der Waals surface area contributed by atoms with Gasteiger partial charge in [-0.15, -0.1) is 0 Å². The summed E-state index contributed by atoms with van der Waals surface area (Å²) in [6.45, 7) is 2.01. The highest BCUT2D eigenvalue weighted by Crippen LogP contribution is 2.38. The number of hydrogen-bond donors (Lipinski definition) is 1. The van der Waals surface area contributed by atoms with Gasteiger partial charge in [-0.3, -0.25) is 4.79 Å². The third kappa shape index (κ3) is 3.76. The first-order valence-electron chi connectivity index (χ1n) is 8.89. The van der Waals surface area contributed by atoms with Gasteiger partial charge in [0.15, 0.2) is 0 Å². The number of nitrogens with zero attached hydrogens (tertiary/aromatic N) is 3. The Morgan fingerprint density at radius 3 is 2.72 bits per heavy atom. The van der Waals surface area contributed by atoms with Crippen LogP contribution in [0.25, 0.3) is 0 Å². The van der Waals surface area contributed by atoms with Crippen molar-refractivity contribution in [3.63, 3.8) is 0 Å². The van der Waals surface area contributed by atoms with Crippen molar-refractivity contribution < 1.29 is 4.79 Å².